The Morgan fingerprint density at radius 2 is 2.15 bits per heavy atom. The lowest BCUT2D eigenvalue weighted by Gasteiger charge is -2.23. The summed E-state index contributed by atoms with van der Waals surface area (Å²) in [7, 11) is 0. The molecular weight excluding hydrogens is 272 g/mol. The SMILES string of the molecule is CCOC(=O)C(NC1CCCCCC1)c1scnc1C. The van der Waals surface area contributed by atoms with Crippen molar-refractivity contribution in [1.82, 2.24) is 10.3 Å². The highest BCUT2D eigenvalue weighted by atomic mass is 32.1. The number of hydrogen-bond donors (Lipinski definition) is 1. The van der Waals surface area contributed by atoms with Gasteiger partial charge in [0.15, 0.2) is 0 Å². The third kappa shape index (κ3) is 4.03. The second-order valence-electron chi connectivity index (χ2n) is 5.34. The minimum absolute atomic E-state index is 0.177. The van der Waals surface area contributed by atoms with E-state index in [-0.39, 0.29) is 12.0 Å². The topological polar surface area (TPSA) is 51.2 Å². The van der Waals surface area contributed by atoms with Crippen LogP contribution in [0, 0.1) is 6.92 Å². The maximum atomic E-state index is 12.2. The molecule has 0 bridgehead atoms. The minimum Gasteiger partial charge on any atom is -0.465 e. The highest BCUT2D eigenvalue weighted by Gasteiger charge is 2.28. The highest BCUT2D eigenvalue weighted by molar-refractivity contribution is 7.10. The Morgan fingerprint density at radius 1 is 1.45 bits per heavy atom. The minimum atomic E-state index is -0.356. The molecular formula is C15H24N2O2S. The molecule has 1 saturated carbocycles. The van der Waals surface area contributed by atoms with Crippen molar-refractivity contribution in [3.8, 4) is 0 Å². The molecule has 0 saturated heterocycles. The van der Waals surface area contributed by atoms with Crippen LogP contribution in [0.25, 0.3) is 0 Å². The monoisotopic (exact) mass is 296 g/mol. The number of ether oxygens (including phenoxy) is 1. The van der Waals surface area contributed by atoms with Gasteiger partial charge < -0.3 is 4.74 Å². The Bertz CT molecular complexity index is 425. The van der Waals surface area contributed by atoms with E-state index in [2.05, 4.69) is 10.3 Å². The van der Waals surface area contributed by atoms with Crippen LogP contribution in [-0.4, -0.2) is 23.6 Å². The van der Waals surface area contributed by atoms with Crippen LogP contribution in [0.3, 0.4) is 0 Å². The van der Waals surface area contributed by atoms with Crippen LogP contribution in [0.1, 0.15) is 62.1 Å². The Kier molecular flexibility index (Phi) is 5.98. The molecule has 20 heavy (non-hydrogen) atoms. The van der Waals surface area contributed by atoms with E-state index in [1.165, 1.54) is 37.0 Å². The Balaban J connectivity index is 2.09. The van der Waals surface area contributed by atoms with Gasteiger partial charge in [0.05, 0.1) is 22.7 Å². The first-order valence-corrected chi connectivity index (χ1v) is 8.43. The summed E-state index contributed by atoms with van der Waals surface area (Å²) in [6.45, 7) is 4.21. The van der Waals surface area contributed by atoms with Gasteiger partial charge >= 0.3 is 5.97 Å². The molecule has 1 unspecified atom stereocenters. The average Bonchev–Trinajstić information content (AvgIpc) is 2.70. The molecule has 0 aliphatic heterocycles. The number of aryl methyl sites for hydroxylation is 1. The number of nitrogens with one attached hydrogen (secondary N) is 1. The lowest BCUT2D eigenvalue weighted by Crippen LogP contribution is -2.37. The van der Waals surface area contributed by atoms with Crippen molar-refractivity contribution in [1.29, 1.82) is 0 Å². The third-order valence-corrected chi connectivity index (χ3v) is 4.82. The maximum absolute atomic E-state index is 12.2. The number of esters is 1. The number of carbonyl (C=O) groups excluding carboxylic acids is 1. The van der Waals surface area contributed by atoms with Gasteiger partial charge in [-0.25, -0.2) is 9.78 Å². The van der Waals surface area contributed by atoms with Crippen LogP contribution in [0.15, 0.2) is 5.51 Å². The summed E-state index contributed by atoms with van der Waals surface area (Å²) >= 11 is 1.53. The lowest BCUT2D eigenvalue weighted by atomic mass is 10.1. The molecule has 2 rings (SSSR count). The highest BCUT2D eigenvalue weighted by Crippen LogP contribution is 2.26. The first-order valence-electron chi connectivity index (χ1n) is 7.55. The molecule has 1 aliphatic rings. The summed E-state index contributed by atoms with van der Waals surface area (Å²) in [6, 6.07) is 0.0546. The zero-order valence-electron chi connectivity index (χ0n) is 12.4. The van der Waals surface area contributed by atoms with Gasteiger partial charge in [-0.05, 0) is 26.7 Å². The second kappa shape index (κ2) is 7.74. The van der Waals surface area contributed by atoms with E-state index < -0.39 is 0 Å². The molecule has 0 aromatic carbocycles. The maximum Gasteiger partial charge on any atom is 0.328 e. The quantitative estimate of drug-likeness (QED) is 0.668. The summed E-state index contributed by atoms with van der Waals surface area (Å²) in [4.78, 5) is 17.5. The lowest BCUT2D eigenvalue weighted by molar-refractivity contribution is -0.146. The summed E-state index contributed by atoms with van der Waals surface area (Å²) in [5.74, 6) is -0.177. The van der Waals surface area contributed by atoms with Crippen LogP contribution in [0.4, 0.5) is 0 Å². The van der Waals surface area contributed by atoms with Gasteiger partial charge in [-0.2, -0.15) is 0 Å². The zero-order valence-corrected chi connectivity index (χ0v) is 13.2. The van der Waals surface area contributed by atoms with E-state index >= 15 is 0 Å². The van der Waals surface area contributed by atoms with Gasteiger partial charge in [-0.1, -0.05) is 25.7 Å². The Hall–Kier alpha value is -0.940. The second-order valence-corrected chi connectivity index (χ2v) is 6.23. The van der Waals surface area contributed by atoms with Crippen LogP contribution in [-0.2, 0) is 9.53 Å². The van der Waals surface area contributed by atoms with E-state index in [0.717, 1.165) is 23.4 Å². The molecule has 0 radical (unpaired) electrons. The number of aromatic nitrogens is 1. The molecule has 1 aromatic heterocycles. The van der Waals surface area contributed by atoms with E-state index in [1.807, 2.05) is 13.8 Å². The molecule has 1 heterocycles. The summed E-state index contributed by atoms with van der Waals surface area (Å²) in [6.07, 6.45) is 7.40. The van der Waals surface area contributed by atoms with Crippen molar-refractivity contribution >= 4 is 17.3 Å². The normalized spacial score (nSPS) is 18.5. The fourth-order valence-corrected chi connectivity index (χ4v) is 3.59. The molecule has 1 aromatic rings. The van der Waals surface area contributed by atoms with Crippen LogP contribution in [0.5, 0.6) is 0 Å². The van der Waals surface area contributed by atoms with Gasteiger partial charge in [0.2, 0.25) is 0 Å². The van der Waals surface area contributed by atoms with Crippen molar-refractivity contribution in [2.75, 3.05) is 6.61 Å². The van der Waals surface area contributed by atoms with Crippen LogP contribution < -0.4 is 5.32 Å². The molecule has 1 aliphatic carbocycles. The Labute approximate surface area is 124 Å². The van der Waals surface area contributed by atoms with Crippen molar-refractivity contribution in [3.05, 3.63) is 16.1 Å². The van der Waals surface area contributed by atoms with E-state index in [1.54, 1.807) is 5.51 Å². The molecule has 1 N–H and O–H groups in total. The largest absolute Gasteiger partial charge is 0.465 e. The van der Waals surface area contributed by atoms with E-state index in [9.17, 15) is 4.79 Å². The number of thiazole rings is 1. The molecule has 0 amide bonds. The zero-order chi connectivity index (χ0) is 14.4. The molecule has 4 nitrogen and oxygen atoms in total. The summed E-state index contributed by atoms with van der Waals surface area (Å²) < 4.78 is 5.23. The number of nitrogens with zero attached hydrogens (tertiary/aromatic N) is 1. The predicted molar refractivity (Wildman–Crippen MR) is 80.9 cm³/mol. The predicted octanol–water partition coefficient (Wildman–Crippen LogP) is 3.37. The van der Waals surface area contributed by atoms with Crippen LogP contribution >= 0.6 is 11.3 Å². The van der Waals surface area contributed by atoms with E-state index in [4.69, 9.17) is 4.74 Å². The average molecular weight is 296 g/mol. The molecule has 1 atom stereocenters. The van der Waals surface area contributed by atoms with Gasteiger partial charge in [0.1, 0.15) is 6.04 Å². The van der Waals surface area contributed by atoms with Gasteiger partial charge in [0, 0.05) is 6.04 Å². The summed E-state index contributed by atoms with van der Waals surface area (Å²) in [5, 5.41) is 3.52. The third-order valence-electron chi connectivity index (χ3n) is 3.82. The molecule has 1 fully saturated rings. The Morgan fingerprint density at radius 3 is 2.70 bits per heavy atom. The van der Waals surface area contributed by atoms with Crippen LogP contribution in [0.2, 0.25) is 0 Å². The van der Waals surface area contributed by atoms with Gasteiger partial charge in [-0.15, -0.1) is 11.3 Å². The van der Waals surface area contributed by atoms with Gasteiger partial charge in [0.25, 0.3) is 0 Å². The fraction of sp³-hybridized carbons (Fsp3) is 0.733. The number of carbonyl (C=O) groups is 1. The van der Waals surface area contributed by atoms with Crippen molar-refractivity contribution in [2.45, 2.75) is 64.5 Å². The van der Waals surface area contributed by atoms with Crippen molar-refractivity contribution < 1.29 is 9.53 Å². The molecule has 0 spiro atoms. The molecule has 112 valence electrons. The standard InChI is InChI=1S/C15H24N2O2S/c1-3-19-15(18)13(14-11(2)16-10-20-14)17-12-8-6-4-5-7-9-12/h10,12-13,17H,3-9H2,1-2H3. The molecule has 5 heteroatoms. The summed E-state index contributed by atoms with van der Waals surface area (Å²) in [5.41, 5.74) is 2.72. The van der Waals surface area contributed by atoms with Crippen molar-refractivity contribution in [3.63, 3.8) is 0 Å². The first kappa shape index (κ1) is 15.4. The fourth-order valence-electron chi connectivity index (χ4n) is 2.75. The first-order chi connectivity index (χ1) is 9.72. The smallest absolute Gasteiger partial charge is 0.328 e. The number of rotatable bonds is 5. The van der Waals surface area contributed by atoms with E-state index in [0.29, 0.717) is 12.6 Å². The van der Waals surface area contributed by atoms with Gasteiger partial charge in [-0.3, -0.25) is 5.32 Å². The van der Waals surface area contributed by atoms with Crippen molar-refractivity contribution in [2.24, 2.45) is 0 Å². The number of hydrogen-bond acceptors (Lipinski definition) is 5.